The number of aromatic nitrogens is 1. The Morgan fingerprint density at radius 1 is 0.974 bits per heavy atom. The molecule has 0 radical (unpaired) electrons. The monoisotopic (exact) mass is 523 g/mol. The van der Waals surface area contributed by atoms with Crippen molar-refractivity contribution in [2.75, 3.05) is 5.32 Å². The van der Waals surface area contributed by atoms with E-state index in [9.17, 15) is 9.90 Å². The van der Waals surface area contributed by atoms with Crippen LogP contribution in [-0.4, -0.2) is 21.1 Å². The fraction of sp³-hybridized carbons (Fsp3) is 0.100. The van der Waals surface area contributed by atoms with Crippen molar-refractivity contribution in [3.8, 4) is 23.0 Å². The Balaban J connectivity index is 1.21. The van der Waals surface area contributed by atoms with Crippen molar-refractivity contribution in [1.29, 1.82) is 0 Å². The van der Waals surface area contributed by atoms with E-state index in [2.05, 4.69) is 22.5 Å². The second-order valence-electron chi connectivity index (χ2n) is 8.62. The van der Waals surface area contributed by atoms with E-state index < -0.39 is 0 Å². The van der Waals surface area contributed by atoms with Crippen molar-refractivity contribution >= 4 is 40.0 Å². The predicted octanol–water partition coefficient (Wildman–Crippen LogP) is 6.47. The summed E-state index contributed by atoms with van der Waals surface area (Å²) in [6.07, 6.45) is 0.896. The predicted molar refractivity (Wildman–Crippen MR) is 151 cm³/mol. The number of phenolic OH excluding ortho intramolecular Hbond substituents is 1. The summed E-state index contributed by atoms with van der Waals surface area (Å²) in [5.41, 5.74) is 4.93. The highest BCUT2D eigenvalue weighted by molar-refractivity contribution is 7.80. The molecule has 4 aromatic carbocycles. The average Bonchev–Trinajstić information content (AvgIpc) is 3.35. The molecule has 1 heterocycles. The van der Waals surface area contributed by atoms with Crippen LogP contribution in [0, 0.1) is 0 Å². The number of carbonyl (C=O) groups is 1. The number of rotatable bonds is 7. The summed E-state index contributed by atoms with van der Waals surface area (Å²) < 4.78 is 11.6. The third-order valence-electron chi connectivity index (χ3n) is 5.92. The Bertz CT molecular complexity index is 1610. The van der Waals surface area contributed by atoms with Gasteiger partial charge in [0.05, 0.1) is 5.56 Å². The molecule has 0 unspecified atom stereocenters. The fourth-order valence-electron chi connectivity index (χ4n) is 3.90. The van der Waals surface area contributed by atoms with Crippen molar-refractivity contribution in [3.05, 3.63) is 108 Å². The number of fused-ring (bicyclic) bond motifs is 1. The maximum atomic E-state index is 12.7. The number of carbonyl (C=O) groups excluding carboxylic acids is 1. The lowest BCUT2D eigenvalue weighted by atomic mass is 10.1. The van der Waals surface area contributed by atoms with Gasteiger partial charge in [-0.3, -0.25) is 10.1 Å². The van der Waals surface area contributed by atoms with Gasteiger partial charge >= 0.3 is 0 Å². The SMILES string of the molecule is CCc1ccc2oc(-c3ccc(NC(=S)NC(=O)c4cccc(OCc5ccccc5)c4)cc3O)nc2c1. The van der Waals surface area contributed by atoms with Crippen LogP contribution >= 0.6 is 12.2 Å². The number of amides is 1. The number of nitrogens with one attached hydrogen (secondary N) is 2. The molecule has 1 amide bonds. The summed E-state index contributed by atoms with van der Waals surface area (Å²) in [4.78, 5) is 17.3. The molecule has 0 aliphatic rings. The minimum atomic E-state index is -0.383. The van der Waals surface area contributed by atoms with Gasteiger partial charge in [0.15, 0.2) is 10.7 Å². The van der Waals surface area contributed by atoms with Gasteiger partial charge in [0.25, 0.3) is 5.91 Å². The standard InChI is InChI=1S/C30H25N3O4S/c1-2-19-11-14-27-25(15-19)32-29(37-27)24-13-12-22(17-26(24)34)31-30(38)33-28(35)21-9-6-10-23(16-21)36-18-20-7-4-3-5-8-20/h3-17,34H,2,18H2,1H3,(H2,31,33,35,38). The van der Waals surface area contributed by atoms with Crippen molar-refractivity contribution in [1.82, 2.24) is 10.3 Å². The van der Waals surface area contributed by atoms with Gasteiger partial charge in [0, 0.05) is 17.3 Å². The van der Waals surface area contributed by atoms with Crippen molar-refractivity contribution in [3.63, 3.8) is 0 Å². The summed E-state index contributed by atoms with van der Waals surface area (Å²) in [5, 5.41) is 16.3. The van der Waals surface area contributed by atoms with Gasteiger partial charge in [-0.25, -0.2) is 4.98 Å². The lowest BCUT2D eigenvalue weighted by molar-refractivity contribution is 0.0977. The number of oxazole rings is 1. The Labute approximate surface area is 225 Å². The molecule has 5 rings (SSSR count). The van der Waals surface area contributed by atoms with Crippen LogP contribution in [0.1, 0.15) is 28.4 Å². The van der Waals surface area contributed by atoms with E-state index in [1.165, 1.54) is 6.07 Å². The normalized spacial score (nSPS) is 10.8. The number of aromatic hydroxyl groups is 1. The second-order valence-corrected chi connectivity index (χ2v) is 9.03. The number of hydrogen-bond acceptors (Lipinski definition) is 6. The molecule has 8 heteroatoms. The largest absolute Gasteiger partial charge is 0.507 e. The first-order chi connectivity index (χ1) is 18.5. The van der Waals surface area contributed by atoms with E-state index in [0.717, 1.165) is 23.1 Å². The fourth-order valence-corrected chi connectivity index (χ4v) is 4.11. The average molecular weight is 524 g/mol. The van der Waals surface area contributed by atoms with Crippen LogP contribution in [0.4, 0.5) is 5.69 Å². The number of aryl methyl sites for hydroxylation is 1. The first-order valence-electron chi connectivity index (χ1n) is 12.1. The summed E-state index contributed by atoms with van der Waals surface area (Å²) in [7, 11) is 0. The van der Waals surface area contributed by atoms with Gasteiger partial charge in [0.2, 0.25) is 5.89 Å². The zero-order valence-electron chi connectivity index (χ0n) is 20.6. The van der Waals surface area contributed by atoms with E-state index >= 15 is 0 Å². The van der Waals surface area contributed by atoms with E-state index in [0.29, 0.717) is 40.6 Å². The second kappa shape index (κ2) is 11.1. The van der Waals surface area contributed by atoms with Gasteiger partial charge < -0.3 is 19.6 Å². The number of nitrogens with zero attached hydrogens (tertiary/aromatic N) is 1. The Morgan fingerprint density at radius 3 is 2.61 bits per heavy atom. The number of hydrogen-bond donors (Lipinski definition) is 3. The zero-order valence-corrected chi connectivity index (χ0v) is 21.4. The van der Waals surface area contributed by atoms with Crippen LogP contribution in [0.25, 0.3) is 22.6 Å². The zero-order chi connectivity index (χ0) is 26.5. The third kappa shape index (κ3) is 5.82. The van der Waals surface area contributed by atoms with Crippen LogP contribution in [0.5, 0.6) is 11.5 Å². The molecule has 5 aromatic rings. The summed E-state index contributed by atoms with van der Waals surface area (Å²) in [5.74, 6) is 0.481. The molecule has 1 aromatic heterocycles. The molecule has 3 N–H and O–H groups in total. The van der Waals surface area contributed by atoms with Gasteiger partial charge in [-0.05, 0) is 72.2 Å². The van der Waals surface area contributed by atoms with Crippen LogP contribution in [0.15, 0.2) is 95.4 Å². The smallest absolute Gasteiger partial charge is 0.257 e. The molecule has 0 aliphatic carbocycles. The molecule has 0 atom stereocenters. The van der Waals surface area contributed by atoms with E-state index in [1.807, 2.05) is 48.5 Å². The lowest BCUT2D eigenvalue weighted by Gasteiger charge is -2.12. The first-order valence-corrected chi connectivity index (χ1v) is 12.5. The highest BCUT2D eigenvalue weighted by Gasteiger charge is 2.14. The topological polar surface area (TPSA) is 96.6 Å². The molecule has 0 spiro atoms. The van der Waals surface area contributed by atoms with Crippen LogP contribution in [-0.2, 0) is 13.0 Å². The van der Waals surface area contributed by atoms with Crippen LogP contribution in [0.3, 0.4) is 0 Å². The van der Waals surface area contributed by atoms with Gasteiger partial charge in [-0.15, -0.1) is 0 Å². The number of anilines is 1. The first kappa shape index (κ1) is 25.0. The number of ether oxygens (including phenoxy) is 1. The van der Waals surface area contributed by atoms with Gasteiger partial charge in [-0.1, -0.05) is 49.4 Å². The quantitative estimate of drug-likeness (QED) is 0.210. The number of phenols is 1. The lowest BCUT2D eigenvalue weighted by Crippen LogP contribution is -2.34. The molecular weight excluding hydrogens is 498 g/mol. The summed E-state index contributed by atoms with van der Waals surface area (Å²) in [6, 6.07) is 27.4. The van der Waals surface area contributed by atoms with E-state index in [-0.39, 0.29) is 16.8 Å². The molecule has 0 saturated heterocycles. The number of thiocarbonyl (C=S) groups is 1. The van der Waals surface area contributed by atoms with Crippen molar-refractivity contribution in [2.24, 2.45) is 0 Å². The third-order valence-corrected chi connectivity index (χ3v) is 6.12. The Kier molecular flexibility index (Phi) is 7.33. The molecule has 190 valence electrons. The van der Waals surface area contributed by atoms with Crippen LogP contribution < -0.4 is 15.4 Å². The summed E-state index contributed by atoms with van der Waals surface area (Å²) >= 11 is 5.31. The summed E-state index contributed by atoms with van der Waals surface area (Å²) in [6.45, 7) is 2.47. The molecule has 38 heavy (non-hydrogen) atoms. The van der Waals surface area contributed by atoms with Gasteiger partial charge in [-0.2, -0.15) is 0 Å². The number of benzene rings is 4. The molecule has 0 bridgehead atoms. The molecule has 7 nitrogen and oxygen atoms in total. The minimum Gasteiger partial charge on any atom is -0.507 e. The minimum absolute atomic E-state index is 0.0327. The Morgan fingerprint density at radius 2 is 1.82 bits per heavy atom. The molecule has 0 aliphatic heterocycles. The highest BCUT2D eigenvalue weighted by atomic mass is 32.1. The van der Waals surface area contributed by atoms with Crippen LogP contribution in [0.2, 0.25) is 0 Å². The molecule has 0 saturated carbocycles. The van der Waals surface area contributed by atoms with E-state index in [1.54, 1.807) is 36.4 Å². The maximum absolute atomic E-state index is 12.7. The molecular formula is C30H25N3O4S. The maximum Gasteiger partial charge on any atom is 0.257 e. The van der Waals surface area contributed by atoms with Gasteiger partial charge in [0.1, 0.15) is 23.6 Å². The van der Waals surface area contributed by atoms with E-state index in [4.69, 9.17) is 21.4 Å². The Hall–Kier alpha value is -4.69. The molecule has 0 fully saturated rings. The van der Waals surface area contributed by atoms with Crippen molar-refractivity contribution in [2.45, 2.75) is 20.0 Å². The highest BCUT2D eigenvalue weighted by Crippen LogP contribution is 2.33. The van der Waals surface area contributed by atoms with Crippen molar-refractivity contribution < 1.29 is 19.1 Å².